The molecule has 0 saturated carbocycles. The summed E-state index contributed by atoms with van der Waals surface area (Å²) in [6.45, 7) is 3.39. The average molecular weight is 301 g/mol. The molecule has 0 aliphatic carbocycles. The van der Waals surface area contributed by atoms with Crippen LogP contribution in [0.1, 0.15) is 36.9 Å². The van der Waals surface area contributed by atoms with Crippen molar-refractivity contribution in [3.8, 4) is 0 Å². The minimum atomic E-state index is -0.454. The number of hydrogen-bond donors (Lipinski definition) is 0. The highest BCUT2D eigenvalue weighted by atomic mass is 19.1. The van der Waals surface area contributed by atoms with Gasteiger partial charge in [0.15, 0.2) is 0 Å². The summed E-state index contributed by atoms with van der Waals surface area (Å²) >= 11 is 0. The molecular weight excluding hydrogens is 280 g/mol. The molecule has 1 aliphatic heterocycles. The molecule has 3 rings (SSSR count). The Labute approximate surface area is 130 Å². The third-order valence-electron chi connectivity index (χ3n) is 4.53. The molecule has 0 N–H and O–H groups in total. The van der Waals surface area contributed by atoms with E-state index >= 15 is 0 Å². The van der Waals surface area contributed by atoms with Gasteiger partial charge in [-0.2, -0.15) is 0 Å². The Balaban J connectivity index is 1.88. The first kappa shape index (κ1) is 15.2. The summed E-state index contributed by atoms with van der Waals surface area (Å²) in [5, 5.41) is 0. The fraction of sp³-hybridized carbons (Fsp3) is 0.368. The molecule has 3 heteroatoms. The van der Waals surface area contributed by atoms with Crippen LogP contribution in [0, 0.1) is 17.6 Å². The second-order valence-corrected chi connectivity index (χ2v) is 6.24. The Bertz CT molecular complexity index is 606. The average Bonchev–Trinajstić information content (AvgIpc) is 2.52. The van der Waals surface area contributed by atoms with E-state index in [0.717, 1.165) is 19.4 Å². The topological polar surface area (TPSA) is 3.24 Å². The summed E-state index contributed by atoms with van der Waals surface area (Å²) in [6, 6.07) is 14.6. The van der Waals surface area contributed by atoms with Gasteiger partial charge < -0.3 is 0 Å². The molecule has 1 fully saturated rings. The van der Waals surface area contributed by atoms with Crippen molar-refractivity contribution in [1.82, 2.24) is 4.90 Å². The lowest BCUT2D eigenvalue weighted by molar-refractivity contribution is 0.103. The first-order valence-corrected chi connectivity index (χ1v) is 7.87. The van der Waals surface area contributed by atoms with Crippen molar-refractivity contribution in [2.45, 2.75) is 32.4 Å². The van der Waals surface area contributed by atoms with Gasteiger partial charge in [0.1, 0.15) is 11.6 Å². The zero-order valence-electron chi connectivity index (χ0n) is 12.8. The van der Waals surface area contributed by atoms with E-state index in [1.165, 1.54) is 23.8 Å². The summed E-state index contributed by atoms with van der Waals surface area (Å²) < 4.78 is 27.9. The number of nitrogens with zero attached hydrogens (tertiary/aromatic N) is 1. The monoisotopic (exact) mass is 301 g/mol. The van der Waals surface area contributed by atoms with Crippen LogP contribution in [0.25, 0.3) is 0 Å². The van der Waals surface area contributed by atoms with Crippen molar-refractivity contribution < 1.29 is 8.78 Å². The molecule has 1 aliphatic rings. The molecule has 0 spiro atoms. The van der Waals surface area contributed by atoms with Gasteiger partial charge in [0.2, 0.25) is 0 Å². The third kappa shape index (κ3) is 3.20. The number of hydrogen-bond acceptors (Lipinski definition) is 1. The van der Waals surface area contributed by atoms with Crippen molar-refractivity contribution >= 4 is 0 Å². The third-order valence-corrected chi connectivity index (χ3v) is 4.53. The lowest BCUT2D eigenvalue weighted by Crippen LogP contribution is -2.37. The van der Waals surface area contributed by atoms with Crippen LogP contribution < -0.4 is 0 Å². The molecule has 2 atom stereocenters. The fourth-order valence-electron chi connectivity index (χ4n) is 3.36. The SMILES string of the molecule is CC1CCC(c2ccccc2)N(Cc2c(F)cccc2F)C1. The Morgan fingerprint density at radius 1 is 0.955 bits per heavy atom. The lowest BCUT2D eigenvalue weighted by atomic mass is 9.89. The van der Waals surface area contributed by atoms with E-state index in [-0.39, 0.29) is 11.6 Å². The molecule has 1 saturated heterocycles. The highest BCUT2D eigenvalue weighted by Crippen LogP contribution is 2.34. The van der Waals surface area contributed by atoms with Crippen molar-refractivity contribution in [2.75, 3.05) is 6.54 Å². The Hall–Kier alpha value is -1.74. The molecule has 2 unspecified atom stereocenters. The first-order valence-electron chi connectivity index (χ1n) is 7.87. The smallest absolute Gasteiger partial charge is 0.130 e. The van der Waals surface area contributed by atoms with E-state index in [0.29, 0.717) is 12.5 Å². The van der Waals surface area contributed by atoms with E-state index in [1.54, 1.807) is 0 Å². The Kier molecular flexibility index (Phi) is 4.53. The number of piperidine rings is 1. The van der Waals surface area contributed by atoms with Gasteiger partial charge in [-0.05, 0) is 36.5 Å². The largest absolute Gasteiger partial charge is 0.292 e. The highest BCUT2D eigenvalue weighted by molar-refractivity contribution is 5.23. The first-order chi connectivity index (χ1) is 10.6. The van der Waals surface area contributed by atoms with Crippen LogP contribution in [-0.4, -0.2) is 11.4 Å². The fourth-order valence-corrected chi connectivity index (χ4v) is 3.36. The molecule has 1 heterocycles. The zero-order chi connectivity index (χ0) is 15.5. The van der Waals surface area contributed by atoms with Gasteiger partial charge in [-0.3, -0.25) is 4.90 Å². The van der Waals surface area contributed by atoms with E-state index in [1.807, 2.05) is 18.2 Å². The van der Waals surface area contributed by atoms with E-state index in [4.69, 9.17) is 0 Å². The molecule has 0 radical (unpaired) electrons. The molecule has 0 aromatic heterocycles. The molecule has 116 valence electrons. The Morgan fingerprint density at radius 3 is 2.32 bits per heavy atom. The minimum Gasteiger partial charge on any atom is -0.292 e. The summed E-state index contributed by atoms with van der Waals surface area (Å²) in [5.74, 6) is -0.357. The highest BCUT2D eigenvalue weighted by Gasteiger charge is 2.28. The van der Waals surface area contributed by atoms with Gasteiger partial charge in [0.25, 0.3) is 0 Å². The second kappa shape index (κ2) is 6.57. The zero-order valence-corrected chi connectivity index (χ0v) is 12.8. The maximum Gasteiger partial charge on any atom is 0.130 e. The van der Waals surface area contributed by atoms with Gasteiger partial charge in [0.05, 0.1) is 0 Å². The summed E-state index contributed by atoms with van der Waals surface area (Å²) in [7, 11) is 0. The van der Waals surface area contributed by atoms with Crippen molar-refractivity contribution in [2.24, 2.45) is 5.92 Å². The number of rotatable bonds is 3. The normalized spacial score (nSPS) is 22.7. The van der Waals surface area contributed by atoms with Gasteiger partial charge in [-0.15, -0.1) is 0 Å². The van der Waals surface area contributed by atoms with Gasteiger partial charge >= 0.3 is 0 Å². The van der Waals surface area contributed by atoms with E-state index < -0.39 is 11.6 Å². The van der Waals surface area contributed by atoms with Crippen LogP contribution in [0.3, 0.4) is 0 Å². The van der Waals surface area contributed by atoms with Crippen molar-refractivity contribution in [3.63, 3.8) is 0 Å². The molecule has 1 nitrogen and oxygen atoms in total. The van der Waals surface area contributed by atoms with Gasteiger partial charge in [0, 0.05) is 24.7 Å². The molecule has 0 bridgehead atoms. The van der Waals surface area contributed by atoms with Gasteiger partial charge in [-0.1, -0.05) is 43.3 Å². The van der Waals surface area contributed by atoms with Crippen LogP contribution >= 0.6 is 0 Å². The number of likely N-dealkylation sites (tertiary alicyclic amines) is 1. The van der Waals surface area contributed by atoms with Crippen LogP contribution in [0.15, 0.2) is 48.5 Å². The molecular formula is C19H21F2N. The minimum absolute atomic E-state index is 0.178. The van der Waals surface area contributed by atoms with Crippen LogP contribution in [0.4, 0.5) is 8.78 Å². The predicted octanol–water partition coefficient (Wildman–Crippen LogP) is 4.94. The van der Waals surface area contributed by atoms with E-state index in [9.17, 15) is 8.78 Å². The summed E-state index contributed by atoms with van der Waals surface area (Å²) in [5.41, 5.74) is 1.41. The van der Waals surface area contributed by atoms with Crippen LogP contribution in [0.2, 0.25) is 0 Å². The Morgan fingerprint density at radius 2 is 1.64 bits per heavy atom. The number of halogens is 2. The molecule has 0 amide bonds. The quantitative estimate of drug-likeness (QED) is 0.776. The van der Waals surface area contributed by atoms with Crippen LogP contribution in [-0.2, 0) is 6.54 Å². The molecule has 22 heavy (non-hydrogen) atoms. The van der Waals surface area contributed by atoms with Crippen molar-refractivity contribution in [1.29, 1.82) is 0 Å². The summed E-state index contributed by atoms with van der Waals surface area (Å²) in [4.78, 5) is 2.21. The van der Waals surface area contributed by atoms with Crippen molar-refractivity contribution in [3.05, 3.63) is 71.3 Å². The maximum atomic E-state index is 14.0. The number of benzene rings is 2. The van der Waals surface area contributed by atoms with Gasteiger partial charge in [-0.25, -0.2) is 8.78 Å². The second-order valence-electron chi connectivity index (χ2n) is 6.24. The van der Waals surface area contributed by atoms with Crippen LogP contribution in [0.5, 0.6) is 0 Å². The predicted molar refractivity (Wildman–Crippen MR) is 84.3 cm³/mol. The summed E-state index contributed by atoms with van der Waals surface area (Å²) in [6.07, 6.45) is 2.18. The molecule has 2 aromatic rings. The maximum absolute atomic E-state index is 14.0. The molecule has 2 aromatic carbocycles. The van der Waals surface area contributed by atoms with E-state index in [2.05, 4.69) is 24.0 Å². The standard InChI is InChI=1S/C19H21F2N/c1-14-10-11-19(15-6-3-2-4-7-15)22(12-14)13-16-17(20)8-5-9-18(16)21/h2-9,14,19H,10-13H2,1H3. The lowest BCUT2D eigenvalue weighted by Gasteiger charge is -2.39.